The predicted octanol–water partition coefficient (Wildman–Crippen LogP) is 3.78. The molecule has 4 N–H and O–H groups in total. The number of nitrogens with two attached hydrogens (primary N) is 1. The molecule has 2 aromatic carbocycles. The number of halogens is 5. The van der Waals surface area contributed by atoms with Gasteiger partial charge in [-0.2, -0.15) is 18.9 Å². The van der Waals surface area contributed by atoms with Crippen molar-refractivity contribution in [3.8, 4) is 5.75 Å². The van der Waals surface area contributed by atoms with Gasteiger partial charge < -0.3 is 24.8 Å². The molecule has 0 spiro atoms. The number of aliphatic hydroxyl groups excluding tert-OH is 1. The van der Waals surface area contributed by atoms with Crippen LogP contribution in [-0.4, -0.2) is 63.4 Å². The van der Waals surface area contributed by atoms with E-state index in [1.807, 2.05) is 0 Å². The molecule has 0 aliphatic carbocycles. The molecule has 1 fully saturated rings. The predicted molar refractivity (Wildman–Crippen MR) is 145 cm³/mol. The Morgan fingerprint density at radius 3 is 2.52 bits per heavy atom. The molecule has 0 saturated carbocycles. The van der Waals surface area contributed by atoms with Gasteiger partial charge in [0.2, 0.25) is 5.60 Å². The number of nitrogen functional groups attached to an aromatic ring is 1. The maximum Gasteiger partial charge on any atom is 0.459 e. The van der Waals surface area contributed by atoms with Gasteiger partial charge in [-0.15, -0.1) is 0 Å². The van der Waals surface area contributed by atoms with Crippen molar-refractivity contribution in [2.45, 2.75) is 63.2 Å². The second-order valence-electron chi connectivity index (χ2n) is 10.1. The lowest BCUT2D eigenvalue weighted by Gasteiger charge is -2.34. The lowest BCUT2D eigenvalue weighted by molar-refractivity contribution is -0.242. The van der Waals surface area contributed by atoms with E-state index in [0.29, 0.717) is 10.8 Å². The second kappa shape index (κ2) is 12.4. The minimum Gasteiger partial charge on any atom is -0.462 e. The third kappa shape index (κ3) is 6.28. The van der Waals surface area contributed by atoms with E-state index in [2.05, 4.69) is 10.1 Å². The fourth-order valence-corrected chi connectivity index (χ4v) is 5.87. The topological polar surface area (TPSA) is 164 Å². The first kappa shape index (κ1) is 33.3. The van der Waals surface area contributed by atoms with E-state index in [1.165, 1.54) is 32.9 Å². The molecular weight excluding hydrogens is 622 g/mol. The van der Waals surface area contributed by atoms with E-state index in [0.717, 1.165) is 0 Å². The number of ether oxygens (including phenoxy) is 2. The molecule has 12 nitrogen and oxygen atoms in total. The number of nitrogens with one attached hydrogen (secondary N) is 1. The summed E-state index contributed by atoms with van der Waals surface area (Å²) < 4.78 is 109. The summed E-state index contributed by atoms with van der Waals surface area (Å²) in [6.07, 6.45) is -10.3. The molecule has 0 amide bonds. The highest BCUT2D eigenvalue weighted by molar-refractivity contribution is 7.52. The molecule has 4 rings (SSSR count). The Morgan fingerprint density at radius 1 is 1.20 bits per heavy atom. The van der Waals surface area contributed by atoms with Crippen molar-refractivity contribution in [3.05, 3.63) is 65.0 Å². The Hall–Kier alpha value is -3.63. The smallest absolute Gasteiger partial charge is 0.459 e. The summed E-state index contributed by atoms with van der Waals surface area (Å²) in [7, 11) is -5.06. The summed E-state index contributed by atoms with van der Waals surface area (Å²) in [6.45, 7) is 2.29. The van der Waals surface area contributed by atoms with Gasteiger partial charge in [-0.05, 0) is 32.2 Å². The van der Waals surface area contributed by atoms with Gasteiger partial charge >= 0.3 is 25.3 Å². The fraction of sp³-hybridized carbons (Fsp3) is 0.423. The molecule has 1 aromatic heterocycles. The van der Waals surface area contributed by atoms with Gasteiger partial charge in [0, 0.05) is 5.39 Å². The number of nitrogens with zero attached hydrogens (tertiary/aromatic N) is 2. The van der Waals surface area contributed by atoms with Crippen molar-refractivity contribution in [3.63, 3.8) is 0 Å². The molecule has 0 bridgehead atoms. The molecule has 1 aliphatic heterocycles. The molecule has 5 atom stereocenters. The summed E-state index contributed by atoms with van der Waals surface area (Å²) >= 11 is 0. The number of aliphatic hydroxyl groups is 1. The maximum atomic E-state index is 15.5. The SMILES string of the molecule is CC(C)OC(=O)[C@H](C)NP(=O)(OC[C@@]1(C(F)F)O[C@@H](n2cc(F)c(N)nc2=O)[C@H](O)C1(F)F)Oc1cccc2ccccc12. The largest absolute Gasteiger partial charge is 0.462 e. The van der Waals surface area contributed by atoms with E-state index >= 15 is 8.78 Å². The van der Waals surface area contributed by atoms with Crippen LogP contribution in [0.5, 0.6) is 5.75 Å². The standard InChI is InChI=1S/C26H28F5N4O8P/c1-13(2)41-22(37)14(3)34-44(39,43-18-10-6-8-15-7-4-5-9-16(15)18)40-12-25(23(28)29)26(30,31)19(36)21(42-25)35-11-17(27)20(32)33-24(35)38/h4-11,13-14,19,21,23,36H,12H2,1-3H3,(H,34,39)(H2,32,33,38)/t14-,19-,21+,25-,44?/m0/s1. The number of aromatic nitrogens is 2. The molecule has 44 heavy (non-hydrogen) atoms. The van der Waals surface area contributed by atoms with Crippen LogP contribution in [0.25, 0.3) is 10.8 Å². The minimum atomic E-state index is -5.06. The van der Waals surface area contributed by atoms with E-state index in [9.17, 15) is 32.4 Å². The summed E-state index contributed by atoms with van der Waals surface area (Å²) in [4.78, 5) is 27.8. The van der Waals surface area contributed by atoms with Crippen molar-refractivity contribution in [2.24, 2.45) is 0 Å². The van der Waals surface area contributed by atoms with Crippen LogP contribution in [0.1, 0.15) is 27.0 Å². The maximum absolute atomic E-state index is 15.5. The van der Waals surface area contributed by atoms with Crippen LogP contribution in [0.3, 0.4) is 0 Å². The van der Waals surface area contributed by atoms with Crippen LogP contribution < -0.4 is 21.0 Å². The van der Waals surface area contributed by atoms with Crippen molar-refractivity contribution in [1.82, 2.24) is 14.6 Å². The third-order valence-electron chi connectivity index (χ3n) is 6.57. The average molecular weight is 650 g/mol. The number of carbonyl (C=O) groups excluding carboxylic acids is 1. The number of esters is 1. The summed E-state index contributed by atoms with van der Waals surface area (Å²) in [5.41, 5.74) is -0.392. The zero-order valence-electron chi connectivity index (χ0n) is 23.3. The van der Waals surface area contributed by atoms with Crippen molar-refractivity contribution < 1.29 is 54.9 Å². The molecule has 18 heteroatoms. The van der Waals surface area contributed by atoms with Crippen LogP contribution >= 0.6 is 7.75 Å². The van der Waals surface area contributed by atoms with Crippen molar-refractivity contribution in [2.75, 3.05) is 12.3 Å². The highest BCUT2D eigenvalue weighted by Crippen LogP contribution is 2.54. The van der Waals surface area contributed by atoms with E-state index in [1.54, 1.807) is 30.3 Å². The minimum absolute atomic E-state index is 0.0167. The van der Waals surface area contributed by atoms with Crippen LogP contribution in [0.4, 0.5) is 27.8 Å². The molecule has 1 saturated heterocycles. The Morgan fingerprint density at radius 2 is 1.86 bits per heavy atom. The molecule has 2 heterocycles. The van der Waals surface area contributed by atoms with Gasteiger partial charge in [0.25, 0.3) is 6.43 Å². The Labute approximate surface area is 246 Å². The zero-order valence-corrected chi connectivity index (χ0v) is 24.2. The molecular formula is C26H28F5N4O8P. The molecule has 0 radical (unpaired) electrons. The highest BCUT2D eigenvalue weighted by Gasteiger charge is 2.74. The summed E-state index contributed by atoms with van der Waals surface area (Å²) in [5.74, 6) is -8.33. The average Bonchev–Trinajstić information content (AvgIpc) is 3.15. The monoisotopic (exact) mass is 650 g/mol. The normalized spacial score (nSPS) is 23.5. The number of anilines is 1. The van der Waals surface area contributed by atoms with Gasteiger partial charge in [-0.25, -0.2) is 22.5 Å². The van der Waals surface area contributed by atoms with Crippen molar-refractivity contribution >= 4 is 30.3 Å². The fourth-order valence-electron chi connectivity index (χ4n) is 4.33. The van der Waals surface area contributed by atoms with E-state index in [4.69, 9.17) is 24.3 Å². The first-order valence-electron chi connectivity index (χ1n) is 13.0. The van der Waals surface area contributed by atoms with E-state index in [-0.39, 0.29) is 16.5 Å². The third-order valence-corrected chi connectivity index (χ3v) is 8.18. The van der Waals surface area contributed by atoms with E-state index < -0.39 is 80.1 Å². The second-order valence-corrected chi connectivity index (χ2v) is 11.8. The number of alkyl halides is 4. The van der Waals surface area contributed by atoms with Crippen LogP contribution in [-0.2, 0) is 23.4 Å². The number of hydrogen-bond acceptors (Lipinski definition) is 10. The van der Waals surface area contributed by atoms with Crippen LogP contribution in [0.15, 0.2) is 53.5 Å². The van der Waals surface area contributed by atoms with Gasteiger partial charge in [0.05, 0.1) is 18.9 Å². The molecule has 3 aromatic rings. The van der Waals surface area contributed by atoms with Gasteiger partial charge in [-0.3, -0.25) is 13.9 Å². The van der Waals surface area contributed by atoms with Gasteiger partial charge in [0.15, 0.2) is 24.0 Å². The number of benzene rings is 2. The lowest BCUT2D eigenvalue weighted by atomic mass is 9.95. The zero-order chi connectivity index (χ0) is 32.6. The number of fused-ring (bicyclic) bond motifs is 1. The molecule has 1 unspecified atom stereocenters. The Balaban J connectivity index is 1.72. The molecule has 1 aliphatic rings. The Kier molecular flexibility index (Phi) is 9.38. The Bertz CT molecular complexity index is 1640. The number of rotatable bonds is 11. The first-order chi connectivity index (χ1) is 20.5. The quantitative estimate of drug-likeness (QED) is 0.157. The van der Waals surface area contributed by atoms with Crippen LogP contribution in [0, 0.1) is 5.82 Å². The van der Waals surface area contributed by atoms with Crippen molar-refractivity contribution in [1.29, 1.82) is 0 Å². The van der Waals surface area contributed by atoms with Crippen LogP contribution in [0.2, 0.25) is 0 Å². The number of carbonyl (C=O) groups is 1. The van der Waals surface area contributed by atoms with Gasteiger partial charge in [0.1, 0.15) is 11.8 Å². The van der Waals surface area contributed by atoms with Gasteiger partial charge in [-0.1, -0.05) is 36.4 Å². The first-order valence-corrected chi connectivity index (χ1v) is 14.5. The summed E-state index contributed by atoms with van der Waals surface area (Å²) in [5, 5.41) is 13.5. The summed E-state index contributed by atoms with van der Waals surface area (Å²) in [6, 6.07) is 9.52. The highest BCUT2D eigenvalue weighted by atomic mass is 31.2. The lowest BCUT2D eigenvalue weighted by Crippen LogP contribution is -2.57. The number of hydrogen-bond donors (Lipinski definition) is 3. The molecule has 240 valence electrons.